The van der Waals surface area contributed by atoms with E-state index in [-0.39, 0.29) is 45.7 Å². The second kappa shape index (κ2) is 23.9. The van der Waals surface area contributed by atoms with Crippen molar-refractivity contribution < 1.29 is 62.6 Å². The second-order valence-electron chi connectivity index (χ2n) is 16.1. The smallest absolute Gasteiger partial charge is 0.320 e. The first-order chi connectivity index (χ1) is 25.4. The summed E-state index contributed by atoms with van der Waals surface area (Å²) in [6.45, 7) is 17.8. The van der Waals surface area contributed by atoms with Gasteiger partial charge >= 0.3 is 29.8 Å². The standard InChI is InChI=1S/C39H65N3O13/c1-11-50-18-19-51-20-21-52-31-14-12-29(13-15-31)22-30(23-41(25-33(45)46)27-35(48)54-38(5,6)7)42(28-36(49)55-39(8,9)10)17-16-40(24-32(43)44)26-34(47)53-37(2,3)4/h12-15,30H,11,16-28H2,1-10H3,(H,43,44)(H,45,46). The van der Waals surface area contributed by atoms with Crippen LogP contribution in [0.25, 0.3) is 0 Å². The molecular formula is C39H65N3O13. The van der Waals surface area contributed by atoms with Crippen molar-refractivity contribution in [2.45, 2.75) is 98.5 Å². The average molecular weight is 784 g/mol. The van der Waals surface area contributed by atoms with Gasteiger partial charge < -0.3 is 38.6 Å². The highest BCUT2D eigenvalue weighted by molar-refractivity contribution is 5.75. The van der Waals surface area contributed by atoms with E-state index in [1.165, 1.54) is 9.80 Å². The molecule has 16 heteroatoms. The summed E-state index contributed by atoms with van der Waals surface area (Å²) in [5.41, 5.74) is -1.61. The van der Waals surface area contributed by atoms with E-state index in [2.05, 4.69) is 0 Å². The number of benzene rings is 1. The number of esters is 3. The third-order valence-corrected chi connectivity index (χ3v) is 7.17. The summed E-state index contributed by atoms with van der Waals surface area (Å²) in [4.78, 5) is 67.5. The number of hydrogen-bond donors (Lipinski definition) is 2. The zero-order valence-corrected chi connectivity index (χ0v) is 34.5. The van der Waals surface area contributed by atoms with Gasteiger partial charge in [0, 0.05) is 32.3 Å². The molecule has 0 amide bonds. The zero-order valence-electron chi connectivity index (χ0n) is 34.5. The summed E-state index contributed by atoms with van der Waals surface area (Å²) in [5, 5.41) is 19.5. The Balaban J connectivity index is 3.51. The minimum atomic E-state index is -1.17. The first-order valence-corrected chi connectivity index (χ1v) is 18.6. The minimum Gasteiger partial charge on any atom is -0.491 e. The molecule has 0 spiro atoms. The van der Waals surface area contributed by atoms with Crippen molar-refractivity contribution >= 4 is 29.8 Å². The largest absolute Gasteiger partial charge is 0.491 e. The molecule has 1 unspecified atom stereocenters. The monoisotopic (exact) mass is 783 g/mol. The SMILES string of the molecule is CCOCCOCCOc1ccc(CC(CN(CC(=O)O)CC(=O)OC(C)(C)C)N(CCN(CC(=O)O)CC(=O)OC(C)(C)C)CC(=O)OC(C)(C)C)cc1. The van der Waals surface area contributed by atoms with E-state index in [9.17, 15) is 34.2 Å². The number of carbonyl (C=O) groups is 5. The van der Waals surface area contributed by atoms with Gasteiger partial charge in [0.2, 0.25) is 0 Å². The molecule has 1 aromatic carbocycles. The molecule has 0 aliphatic carbocycles. The van der Waals surface area contributed by atoms with Crippen molar-refractivity contribution in [1.29, 1.82) is 0 Å². The van der Waals surface area contributed by atoms with Gasteiger partial charge in [0.1, 0.15) is 29.2 Å². The van der Waals surface area contributed by atoms with E-state index >= 15 is 0 Å². The van der Waals surface area contributed by atoms with Crippen LogP contribution in [0.15, 0.2) is 24.3 Å². The van der Waals surface area contributed by atoms with Crippen molar-refractivity contribution in [2.75, 3.05) is 85.4 Å². The molecule has 0 saturated heterocycles. The molecular weight excluding hydrogens is 718 g/mol. The molecule has 0 radical (unpaired) electrons. The fourth-order valence-electron chi connectivity index (χ4n) is 5.28. The summed E-state index contributed by atoms with van der Waals surface area (Å²) >= 11 is 0. The molecule has 0 fully saturated rings. The molecule has 2 N–H and O–H groups in total. The molecule has 16 nitrogen and oxygen atoms in total. The van der Waals surface area contributed by atoms with E-state index in [0.717, 1.165) is 5.56 Å². The lowest BCUT2D eigenvalue weighted by Crippen LogP contribution is -2.52. The van der Waals surface area contributed by atoms with Crippen LogP contribution in [0.2, 0.25) is 0 Å². The number of ether oxygens (including phenoxy) is 6. The highest BCUT2D eigenvalue weighted by Gasteiger charge is 2.30. The third kappa shape index (κ3) is 25.8. The van der Waals surface area contributed by atoms with Crippen molar-refractivity contribution in [2.24, 2.45) is 0 Å². The summed E-state index contributed by atoms with van der Waals surface area (Å²) < 4.78 is 33.2. The third-order valence-electron chi connectivity index (χ3n) is 7.17. The molecule has 0 saturated carbocycles. The highest BCUT2D eigenvalue weighted by atomic mass is 16.6. The Morgan fingerprint density at radius 2 is 1.05 bits per heavy atom. The Bertz CT molecular complexity index is 1330. The first kappa shape index (κ1) is 49.2. The summed E-state index contributed by atoms with van der Waals surface area (Å²) in [6, 6.07) is 6.65. The topological polar surface area (TPSA) is 191 Å². The van der Waals surface area contributed by atoms with Crippen LogP contribution in [0, 0.1) is 0 Å². The van der Waals surface area contributed by atoms with E-state index in [1.54, 1.807) is 79.3 Å². The maximum atomic E-state index is 13.4. The molecule has 0 aliphatic rings. The first-order valence-electron chi connectivity index (χ1n) is 18.6. The Morgan fingerprint density at radius 1 is 0.600 bits per heavy atom. The predicted octanol–water partition coefficient (Wildman–Crippen LogP) is 3.13. The van der Waals surface area contributed by atoms with Crippen LogP contribution in [0.4, 0.5) is 0 Å². The number of carbonyl (C=O) groups excluding carboxylic acids is 3. The van der Waals surface area contributed by atoms with Gasteiger partial charge in [-0.05, 0) is 93.4 Å². The van der Waals surface area contributed by atoms with Gasteiger partial charge in [-0.15, -0.1) is 0 Å². The normalized spacial score (nSPS) is 12.8. The predicted molar refractivity (Wildman–Crippen MR) is 204 cm³/mol. The molecule has 1 aromatic rings. The van der Waals surface area contributed by atoms with Crippen LogP contribution in [0.1, 0.15) is 74.8 Å². The van der Waals surface area contributed by atoms with Crippen LogP contribution in [-0.4, -0.2) is 163 Å². The van der Waals surface area contributed by atoms with Gasteiger partial charge in [-0.1, -0.05) is 12.1 Å². The molecule has 1 atom stereocenters. The van der Waals surface area contributed by atoms with Gasteiger partial charge in [-0.2, -0.15) is 0 Å². The lowest BCUT2D eigenvalue weighted by atomic mass is 10.0. The molecule has 314 valence electrons. The molecule has 0 bridgehead atoms. The molecule has 0 heterocycles. The fourth-order valence-corrected chi connectivity index (χ4v) is 5.28. The number of carboxylic acids is 2. The van der Waals surface area contributed by atoms with E-state index < -0.39 is 65.8 Å². The Hall–Kier alpha value is -3.83. The quantitative estimate of drug-likeness (QED) is 0.0791. The van der Waals surface area contributed by atoms with Crippen molar-refractivity contribution in [3.8, 4) is 5.75 Å². The Kier molecular flexibility index (Phi) is 21.4. The van der Waals surface area contributed by atoms with Crippen LogP contribution in [-0.2, 0) is 54.1 Å². The lowest BCUT2D eigenvalue weighted by Gasteiger charge is -2.36. The minimum absolute atomic E-state index is 0.00330. The van der Waals surface area contributed by atoms with Gasteiger partial charge in [0.05, 0.1) is 52.5 Å². The fraction of sp³-hybridized carbons (Fsp3) is 0.718. The molecule has 0 aliphatic heterocycles. The Labute approximate surface area is 326 Å². The number of rotatable bonds is 26. The maximum absolute atomic E-state index is 13.4. The van der Waals surface area contributed by atoms with Gasteiger partial charge in [0.25, 0.3) is 0 Å². The van der Waals surface area contributed by atoms with Gasteiger partial charge in [0.15, 0.2) is 0 Å². The molecule has 55 heavy (non-hydrogen) atoms. The summed E-state index contributed by atoms with van der Waals surface area (Å²) in [7, 11) is 0. The Morgan fingerprint density at radius 3 is 1.55 bits per heavy atom. The van der Waals surface area contributed by atoms with E-state index in [1.807, 2.05) is 19.1 Å². The van der Waals surface area contributed by atoms with Crippen LogP contribution < -0.4 is 4.74 Å². The molecule has 1 rings (SSSR count). The molecule has 0 aromatic heterocycles. The van der Waals surface area contributed by atoms with Crippen LogP contribution >= 0.6 is 0 Å². The zero-order chi connectivity index (χ0) is 41.8. The number of aliphatic carboxylic acids is 2. The van der Waals surface area contributed by atoms with E-state index in [4.69, 9.17) is 28.4 Å². The number of carboxylic acid groups (broad SMARTS) is 2. The summed E-state index contributed by atoms with van der Waals surface area (Å²) in [6.07, 6.45) is 0.277. The van der Waals surface area contributed by atoms with Crippen molar-refractivity contribution in [3.05, 3.63) is 29.8 Å². The summed E-state index contributed by atoms with van der Waals surface area (Å²) in [5.74, 6) is -3.55. The lowest BCUT2D eigenvalue weighted by molar-refractivity contribution is -0.159. The second-order valence-corrected chi connectivity index (χ2v) is 16.1. The van der Waals surface area contributed by atoms with Gasteiger partial charge in [-0.25, -0.2) is 0 Å². The average Bonchev–Trinajstić information content (AvgIpc) is 2.99. The maximum Gasteiger partial charge on any atom is 0.320 e. The van der Waals surface area contributed by atoms with Crippen LogP contribution in [0.3, 0.4) is 0 Å². The van der Waals surface area contributed by atoms with E-state index in [0.29, 0.717) is 38.8 Å². The number of hydrogen-bond acceptors (Lipinski definition) is 14. The van der Waals surface area contributed by atoms with Crippen molar-refractivity contribution in [1.82, 2.24) is 14.7 Å². The highest BCUT2D eigenvalue weighted by Crippen LogP contribution is 2.18. The van der Waals surface area contributed by atoms with Gasteiger partial charge in [-0.3, -0.25) is 38.7 Å². The van der Waals surface area contributed by atoms with Crippen LogP contribution in [0.5, 0.6) is 5.75 Å². The number of nitrogens with zero attached hydrogens (tertiary/aromatic N) is 3. The van der Waals surface area contributed by atoms with Crippen molar-refractivity contribution in [3.63, 3.8) is 0 Å².